The second-order valence-electron chi connectivity index (χ2n) is 5.78. The van der Waals surface area contributed by atoms with Gasteiger partial charge in [0.15, 0.2) is 0 Å². The lowest BCUT2D eigenvalue weighted by Gasteiger charge is -2.29. The van der Waals surface area contributed by atoms with E-state index in [0.717, 1.165) is 0 Å². The van der Waals surface area contributed by atoms with Crippen molar-refractivity contribution in [1.29, 1.82) is 0 Å². The van der Waals surface area contributed by atoms with Crippen molar-refractivity contribution >= 4 is 29.1 Å². The Hall–Kier alpha value is -2.38. The van der Waals surface area contributed by atoms with Gasteiger partial charge in [-0.1, -0.05) is 11.6 Å². The van der Waals surface area contributed by atoms with E-state index < -0.39 is 0 Å². The number of carbonyl (C=O) groups is 1. The van der Waals surface area contributed by atoms with Crippen LogP contribution < -0.4 is 15.8 Å². The van der Waals surface area contributed by atoms with Gasteiger partial charge in [-0.15, -0.1) is 0 Å². The molecule has 2 heterocycles. The van der Waals surface area contributed by atoms with E-state index in [1.165, 1.54) is 10.6 Å². The van der Waals surface area contributed by atoms with Crippen LogP contribution in [-0.4, -0.2) is 41.8 Å². The SMILES string of the molecule is Cc1cc(=O)n(CC(=O)Nc2ccc(Cl)cc2)c(N2CCOCC2)n1. The van der Waals surface area contributed by atoms with Gasteiger partial charge >= 0.3 is 0 Å². The second kappa shape index (κ2) is 7.67. The first-order chi connectivity index (χ1) is 12.0. The first-order valence-corrected chi connectivity index (χ1v) is 8.37. The van der Waals surface area contributed by atoms with Crippen LogP contribution in [0, 0.1) is 6.92 Å². The van der Waals surface area contributed by atoms with Crippen LogP contribution in [0.4, 0.5) is 11.6 Å². The minimum Gasteiger partial charge on any atom is -0.378 e. The van der Waals surface area contributed by atoms with Crippen molar-refractivity contribution in [2.75, 3.05) is 36.5 Å². The average molecular weight is 363 g/mol. The maximum Gasteiger partial charge on any atom is 0.255 e. The van der Waals surface area contributed by atoms with Crippen molar-refractivity contribution in [3.63, 3.8) is 0 Å². The molecule has 132 valence electrons. The van der Waals surface area contributed by atoms with Gasteiger partial charge in [-0.05, 0) is 31.2 Å². The molecule has 1 aliphatic rings. The van der Waals surface area contributed by atoms with Crippen LogP contribution in [0.2, 0.25) is 5.02 Å². The molecule has 1 aromatic carbocycles. The molecule has 1 saturated heterocycles. The molecule has 0 aliphatic carbocycles. The fraction of sp³-hybridized carbons (Fsp3) is 0.353. The van der Waals surface area contributed by atoms with E-state index in [0.29, 0.717) is 48.7 Å². The number of benzene rings is 1. The van der Waals surface area contributed by atoms with E-state index in [4.69, 9.17) is 16.3 Å². The van der Waals surface area contributed by atoms with Gasteiger partial charge < -0.3 is 15.0 Å². The summed E-state index contributed by atoms with van der Waals surface area (Å²) >= 11 is 5.84. The predicted octanol–water partition coefficient (Wildman–Crippen LogP) is 1.68. The average Bonchev–Trinajstić information content (AvgIpc) is 2.60. The van der Waals surface area contributed by atoms with Crippen LogP contribution >= 0.6 is 11.6 Å². The number of anilines is 2. The van der Waals surface area contributed by atoms with Gasteiger partial charge in [0.25, 0.3) is 5.56 Å². The molecule has 0 radical (unpaired) electrons. The van der Waals surface area contributed by atoms with E-state index in [-0.39, 0.29) is 18.0 Å². The first kappa shape index (κ1) is 17.4. The highest BCUT2D eigenvalue weighted by Gasteiger charge is 2.19. The lowest BCUT2D eigenvalue weighted by atomic mass is 10.3. The Kier molecular flexibility index (Phi) is 5.35. The Bertz CT molecular complexity index is 814. The van der Waals surface area contributed by atoms with Gasteiger partial charge in [0.1, 0.15) is 6.54 Å². The summed E-state index contributed by atoms with van der Waals surface area (Å²) in [5.74, 6) is 0.198. The number of aryl methyl sites for hydroxylation is 1. The summed E-state index contributed by atoms with van der Waals surface area (Å²) in [4.78, 5) is 31.2. The highest BCUT2D eigenvalue weighted by molar-refractivity contribution is 6.30. The van der Waals surface area contributed by atoms with E-state index >= 15 is 0 Å². The Morgan fingerprint density at radius 3 is 2.64 bits per heavy atom. The zero-order chi connectivity index (χ0) is 17.8. The van der Waals surface area contributed by atoms with Crippen LogP contribution in [0.25, 0.3) is 0 Å². The molecule has 3 rings (SSSR count). The van der Waals surface area contributed by atoms with Crippen molar-refractivity contribution in [2.24, 2.45) is 0 Å². The molecule has 0 bridgehead atoms. The standard InChI is InChI=1S/C17H19ClN4O3/c1-12-10-16(24)22(17(19-12)21-6-8-25-9-7-21)11-15(23)20-14-4-2-13(18)3-5-14/h2-5,10H,6-9,11H2,1H3,(H,20,23). The van der Waals surface area contributed by atoms with Crippen molar-refractivity contribution in [1.82, 2.24) is 9.55 Å². The second-order valence-corrected chi connectivity index (χ2v) is 6.21. The third-order valence-corrected chi connectivity index (χ3v) is 4.09. The van der Waals surface area contributed by atoms with E-state index in [1.54, 1.807) is 31.2 Å². The predicted molar refractivity (Wildman–Crippen MR) is 96.3 cm³/mol. The highest BCUT2D eigenvalue weighted by atomic mass is 35.5. The molecule has 25 heavy (non-hydrogen) atoms. The van der Waals surface area contributed by atoms with Crippen molar-refractivity contribution in [3.8, 4) is 0 Å². The smallest absolute Gasteiger partial charge is 0.255 e. The van der Waals surface area contributed by atoms with Crippen molar-refractivity contribution < 1.29 is 9.53 Å². The molecule has 2 aromatic rings. The molecule has 0 unspecified atom stereocenters. The quantitative estimate of drug-likeness (QED) is 0.895. The number of nitrogens with one attached hydrogen (secondary N) is 1. The fourth-order valence-electron chi connectivity index (χ4n) is 2.64. The zero-order valence-corrected chi connectivity index (χ0v) is 14.6. The largest absolute Gasteiger partial charge is 0.378 e. The van der Waals surface area contributed by atoms with Crippen molar-refractivity contribution in [3.05, 3.63) is 51.4 Å². The summed E-state index contributed by atoms with van der Waals surface area (Å²) in [5, 5.41) is 3.35. The summed E-state index contributed by atoms with van der Waals surface area (Å²) in [6, 6.07) is 8.23. The van der Waals surface area contributed by atoms with Crippen LogP contribution in [0.5, 0.6) is 0 Å². The molecule has 1 N–H and O–H groups in total. The topological polar surface area (TPSA) is 76.5 Å². The third kappa shape index (κ3) is 4.37. The first-order valence-electron chi connectivity index (χ1n) is 7.99. The van der Waals surface area contributed by atoms with Crippen LogP contribution in [0.15, 0.2) is 35.1 Å². The summed E-state index contributed by atoms with van der Waals surface area (Å²) in [6.07, 6.45) is 0. The van der Waals surface area contributed by atoms with Gasteiger partial charge in [0, 0.05) is 35.6 Å². The van der Waals surface area contributed by atoms with Crippen LogP contribution in [0.3, 0.4) is 0 Å². The normalized spacial score (nSPS) is 14.4. The molecule has 1 fully saturated rings. The van der Waals surface area contributed by atoms with Gasteiger partial charge in [0.2, 0.25) is 11.9 Å². The Labute approximate surface area is 150 Å². The number of aromatic nitrogens is 2. The molecule has 1 amide bonds. The van der Waals surface area contributed by atoms with Crippen molar-refractivity contribution in [2.45, 2.75) is 13.5 Å². The number of ether oxygens (including phenoxy) is 1. The lowest BCUT2D eigenvalue weighted by Crippen LogP contribution is -2.41. The third-order valence-electron chi connectivity index (χ3n) is 3.84. The number of rotatable bonds is 4. The Morgan fingerprint density at radius 2 is 1.96 bits per heavy atom. The molecule has 1 aliphatic heterocycles. The van der Waals surface area contributed by atoms with E-state index in [9.17, 15) is 9.59 Å². The van der Waals surface area contributed by atoms with Crippen LogP contribution in [-0.2, 0) is 16.1 Å². The molecule has 1 aromatic heterocycles. The minimum atomic E-state index is -0.301. The number of carbonyl (C=O) groups excluding carboxylic acids is 1. The highest BCUT2D eigenvalue weighted by Crippen LogP contribution is 2.15. The monoisotopic (exact) mass is 362 g/mol. The summed E-state index contributed by atoms with van der Waals surface area (Å²) < 4.78 is 6.74. The van der Waals surface area contributed by atoms with Gasteiger partial charge in [-0.3, -0.25) is 14.2 Å². The number of morpholine rings is 1. The number of halogens is 1. The molecule has 0 spiro atoms. The number of amides is 1. The minimum absolute atomic E-state index is 0.110. The zero-order valence-electron chi connectivity index (χ0n) is 13.9. The molecular weight excluding hydrogens is 344 g/mol. The molecule has 7 nitrogen and oxygen atoms in total. The van der Waals surface area contributed by atoms with E-state index in [2.05, 4.69) is 10.3 Å². The lowest BCUT2D eigenvalue weighted by molar-refractivity contribution is -0.116. The molecule has 8 heteroatoms. The summed E-state index contributed by atoms with van der Waals surface area (Å²) in [5.41, 5.74) is 0.997. The van der Waals surface area contributed by atoms with E-state index in [1.807, 2.05) is 4.90 Å². The summed E-state index contributed by atoms with van der Waals surface area (Å²) in [6.45, 7) is 4.07. The fourth-order valence-corrected chi connectivity index (χ4v) is 2.76. The maximum absolute atomic E-state index is 12.4. The summed E-state index contributed by atoms with van der Waals surface area (Å²) in [7, 11) is 0. The number of hydrogen-bond donors (Lipinski definition) is 1. The Morgan fingerprint density at radius 1 is 1.28 bits per heavy atom. The van der Waals surface area contributed by atoms with Gasteiger partial charge in [-0.2, -0.15) is 0 Å². The molecular formula is C17H19ClN4O3. The van der Waals surface area contributed by atoms with Crippen LogP contribution in [0.1, 0.15) is 5.69 Å². The molecule has 0 atom stereocenters. The molecule has 0 saturated carbocycles. The van der Waals surface area contributed by atoms with Gasteiger partial charge in [-0.25, -0.2) is 4.98 Å². The maximum atomic E-state index is 12.4. The number of nitrogens with zero attached hydrogens (tertiary/aromatic N) is 3. The Balaban J connectivity index is 1.82. The number of hydrogen-bond acceptors (Lipinski definition) is 5. The van der Waals surface area contributed by atoms with Gasteiger partial charge in [0.05, 0.1) is 13.2 Å².